The Morgan fingerprint density at radius 3 is 2.64 bits per heavy atom. The van der Waals surface area contributed by atoms with Crippen LogP contribution in [0.25, 0.3) is 0 Å². The summed E-state index contributed by atoms with van der Waals surface area (Å²) in [4.78, 5) is 29.0. The molecule has 9 heteroatoms. The quantitative estimate of drug-likeness (QED) is 0.810. The first kappa shape index (κ1) is 12.3. The van der Waals surface area contributed by atoms with E-state index < -0.39 is 11.3 Å². The number of hydrogen-bond donors (Lipinski definition) is 2. The summed E-state index contributed by atoms with van der Waals surface area (Å²) in [6.07, 6.45) is 0. The molecule has 80 valence electrons. The summed E-state index contributed by atoms with van der Waals surface area (Å²) in [6, 6.07) is 0. The van der Waals surface area contributed by atoms with Gasteiger partial charge in [0.05, 0.1) is 0 Å². The van der Waals surface area contributed by atoms with Gasteiger partial charge in [-0.3, -0.25) is 4.79 Å². The molecule has 0 aliphatic rings. The second-order valence-corrected chi connectivity index (χ2v) is 8.79. The lowest BCUT2D eigenvalue weighted by Gasteiger charge is -2.04. The molecule has 0 amide bonds. The summed E-state index contributed by atoms with van der Waals surface area (Å²) in [6.45, 7) is 1.54. The Balaban J connectivity index is 2.84. The zero-order valence-corrected chi connectivity index (χ0v) is 10.3. The van der Waals surface area contributed by atoms with Crippen molar-refractivity contribution < 1.29 is 14.3 Å². The third-order valence-electron chi connectivity index (χ3n) is 1.31. The molecule has 0 aliphatic carbocycles. The lowest BCUT2D eigenvalue weighted by Crippen LogP contribution is -2.12. The van der Waals surface area contributed by atoms with E-state index in [0.717, 1.165) is 4.74 Å². The number of halogens is 1. The number of nitrogens with zero attached hydrogens (tertiary/aromatic N) is 1. The summed E-state index contributed by atoms with van der Waals surface area (Å²) in [5.41, 5.74) is -3.87. The Morgan fingerprint density at radius 1 is 1.71 bits per heavy atom. The van der Waals surface area contributed by atoms with Crippen LogP contribution in [0, 0.1) is 6.92 Å². The standard InChI is InChI=1S/C5H7ClNO4PS2/c1-3-4(6)5(8)7(11-3)2-14-12(9,10)13/h2H2,1H3,(H2,9,10,13). The lowest BCUT2D eigenvalue weighted by atomic mass is 10.5. The zero-order chi connectivity index (χ0) is 10.9. The average Bonchev–Trinajstić information content (AvgIpc) is 2.28. The second-order valence-electron chi connectivity index (χ2n) is 2.39. The largest absolute Gasteiger partial charge is 0.379 e. The van der Waals surface area contributed by atoms with Crippen LogP contribution in [0.5, 0.6) is 0 Å². The van der Waals surface area contributed by atoms with Crippen LogP contribution in [-0.4, -0.2) is 14.5 Å². The van der Waals surface area contributed by atoms with E-state index in [0.29, 0.717) is 17.1 Å². The Kier molecular flexibility index (Phi) is 3.85. The Bertz CT molecular complexity index is 435. The van der Waals surface area contributed by atoms with Gasteiger partial charge < -0.3 is 14.3 Å². The summed E-state index contributed by atoms with van der Waals surface area (Å²) in [5, 5.41) is -0.00483. The molecule has 2 N–H and O–H groups in total. The van der Waals surface area contributed by atoms with Crippen LogP contribution in [0.15, 0.2) is 9.32 Å². The molecule has 0 bridgehead atoms. The maximum atomic E-state index is 11.2. The van der Waals surface area contributed by atoms with Gasteiger partial charge in [-0.1, -0.05) is 11.6 Å². The highest BCUT2D eigenvalue weighted by Crippen LogP contribution is 2.51. The van der Waals surface area contributed by atoms with Crippen molar-refractivity contribution in [2.24, 2.45) is 0 Å². The molecule has 1 heterocycles. The van der Waals surface area contributed by atoms with E-state index >= 15 is 0 Å². The third-order valence-corrected chi connectivity index (χ3v) is 4.73. The van der Waals surface area contributed by atoms with Crippen LogP contribution in [0.2, 0.25) is 5.02 Å². The molecule has 0 spiro atoms. The fraction of sp³-hybridized carbons (Fsp3) is 0.400. The average molecular weight is 276 g/mol. The molecule has 0 saturated carbocycles. The molecule has 14 heavy (non-hydrogen) atoms. The van der Waals surface area contributed by atoms with Crippen molar-refractivity contribution in [2.75, 3.05) is 0 Å². The van der Waals surface area contributed by atoms with Crippen molar-refractivity contribution in [3.8, 4) is 0 Å². The highest BCUT2D eigenvalue weighted by molar-refractivity contribution is 8.66. The third kappa shape index (κ3) is 3.12. The second kappa shape index (κ2) is 4.38. The predicted octanol–water partition coefficient (Wildman–Crippen LogP) is 1.30. The summed E-state index contributed by atoms with van der Waals surface area (Å²) < 4.78 is 5.87. The van der Waals surface area contributed by atoms with E-state index in [1.54, 1.807) is 6.92 Å². The summed E-state index contributed by atoms with van der Waals surface area (Å²) >= 11 is 10.6. The predicted molar refractivity (Wildman–Crippen MR) is 59.0 cm³/mol. The van der Waals surface area contributed by atoms with Gasteiger partial charge >= 0.3 is 5.56 Å². The molecule has 1 rings (SSSR count). The van der Waals surface area contributed by atoms with Gasteiger partial charge in [-0.2, -0.15) is 4.74 Å². The van der Waals surface area contributed by atoms with Crippen molar-refractivity contribution in [1.82, 2.24) is 4.74 Å². The van der Waals surface area contributed by atoms with Crippen LogP contribution < -0.4 is 5.56 Å². The molecule has 0 fully saturated rings. The monoisotopic (exact) mass is 275 g/mol. The molecule has 0 aromatic carbocycles. The Morgan fingerprint density at radius 2 is 2.29 bits per heavy atom. The van der Waals surface area contributed by atoms with E-state index in [1.807, 2.05) is 0 Å². The van der Waals surface area contributed by atoms with Gasteiger partial charge in [0.2, 0.25) is 5.69 Å². The molecule has 1 aromatic rings. The Labute approximate surface area is 93.6 Å². The van der Waals surface area contributed by atoms with Gasteiger partial charge in [-0.05, 0) is 30.1 Å². The SMILES string of the molecule is Cc1on(CSP(O)(O)=S)c(=O)c1Cl. The number of aryl methyl sites for hydroxylation is 1. The fourth-order valence-corrected chi connectivity index (χ4v) is 2.46. The summed E-state index contributed by atoms with van der Waals surface area (Å²) in [7, 11) is 0. The van der Waals surface area contributed by atoms with E-state index in [1.165, 1.54) is 0 Å². The molecule has 0 saturated heterocycles. The molecule has 0 unspecified atom stereocenters. The van der Waals surface area contributed by atoms with Crippen molar-refractivity contribution in [3.63, 3.8) is 0 Å². The molecular formula is C5H7ClNO4PS2. The van der Waals surface area contributed by atoms with Crippen LogP contribution >= 0.6 is 28.7 Å². The molecule has 0 aliphatic heterocycles. The van der Waals surface area contributed by atoms with Crippen LogP contribution in [-0.2, 0) is 17.7 Å². The van der Waals surface area contributed by atoms with Gasteiger partial charge in [-0.15, -0.1) is 0 Å². The number of aromatic nitrogens is 1. The number of rotatable bonds is 3. The molecular weight excluding hydrogens is 269 g/mol. The first-order valence-electron chi connectivity index (χ1n) is 3.37. The molecule has 1 aromatic heterocycles. The van der Waals surface area contributed by atoms with E-state index in [4.69, 9.17) is 25.9 Å². The van der Waals surface area contributed by atoms with Gasteiger partial charge in [0.15, 0.2) is 5.76 Å². The molecule has 5 nitrogen and oxygen atoms in total. The maximum absolute atomic E-state index is 11.2. The highest BCUT2D eigenvalue weighted by Gasteiger charge is 2.14. The number of hydrogen-bond acceptors (Lipinski definition) is 4. The molecule has 0 atom stereocenters. The van der Waals surface area contributed by atoms with Crippen LogP contribution in [0.3, 0.4) is 0 Å². The van der Waals surface area contributed by atoms with Gasteiger partial charge in [0.25, 0.3) is 0 Å². The Hall–Kier alpha value is 0.220. The van der Waals surface area contributed by atoms with E-state index in [-0.39, 0.29) is 10.9 Å². The topological polar surface area (TPSA) is 75.6 Å². The van der Waals surface area contributed by atoms with E-state index in [9.17, 15) is 4.79 Å². The van der Waals surface area contributed by atoms with Gasteiger partial charge in [-0.25, -0.2) is 0 Å². The fourth-order valence-electron chi connectivity index (χ4n) is 0.720. The van der Waals surface area contributed by atoms with Gasteiger partial charge in [0.1, 0.15) is 10.9 Å². The van der Waals surface area contributed by atoms with Crippen molar-refractivity contribution in [2.45, 2.75) is 12.8 Å². The molecule has 0 radical (unpaired) electrons. The lowest BCUT2D eigenvalue weighted by molar-refractivity contribution is 0.279. The van der Waals surface area contributed by atoms with Crippen LogP contribution in [0.1, 0.15) is 5.76 Å². The van der Waals surface area contributed by atoms with Gasteiger partial charge in [0, 0.05) is 0 Å². The van der Waals surface area contributed by atoms with E-state index in [2.05, 4.69) is 11.8 Å². The smallest absolute Gasteiger partial charge is 0.302 e. The minimum absolute atomic E-state index is 0.00483. The first-order valence-corrected chi connectivity index (χ1v) is 8.05. The summed E-state index contributed by atoms with van der Waals surface area (Å²) in [5.74, 6) is 0.234. The zero-order valence-electron chi connectivity index (χ0n) is 7.01. The van der Waals surface area contributed by atoms with Crippen molar-refractivity contribution >= 4 is 40.5 Å². The van der Waals surface area contributed by atoms with Crippen molar-refractivity contribution in [3.05, 3.63) is 21.1 Å². The van der Waals surface area contributed by atoms with Crippen molar-refractivity contribution in [1.29, 1.82) is 0 Å². The minimum Gasteiger partial charge on any atom is -0.379 e. The normalized spacial score (nSPS) is 12.0. The first-order chi connectivity index (χ1) is 6.31. The highest BCUT2D eigenvalue weighted by atomic mass is 35.5. The maximum Gasteiger partial charge on any atom is 0.302 e. The minimum atomic E-state index is -3.37. The van der Waals surface area contributed by atoms with Crippen LogP contribution in [0.4, 0.5) is 0 Å².